The van der Waals surface area contributed by atoms with Gasteiger partial charge in [0.25, 0.3) is 0 Å². The number of nitrogens with one attached hydrogen (secondary N) is 1. The molecule has 1 atom stereocenters. The van der Waals surface area contributed by atoms with Crippen molar-refractivity contribution in [3.63, 3.8) is 0 Å². The third-order valence-corrected chi connectivity index (χ3v) is 6.62. The van der Waals surface area contributed by atoms with E-state index in [4.69, 9.17) is 39.5 Å². The summed E-state index contributed by atoms with van der Waals surface area (Å²) in [4.78, 5) is 12.4. The fourth-order valence-electron chi connectivity index (χ4n) is 3.19. The van der Waals surface area contributed by atoms with Crippen LogP contribution in [-0.2, 0) is 11.3 Å². The highest BCUT2D eigenvalue weighted by atomic mass is 35.5. The lowest BCUT2D eigenvalue weighted by molar-refractivity contribution is -0.113. The fraction of sp³-hybridized carbons (Fsp3) is 0.261. The number of hydrogen-bond acceptors (Lipinski definition) is 5. The fourth-order valence-corrected chi connectivity index (χ4v) is 4.58. The summed E-state index contributed by atoms with van der Waals surface area (Å²) in [6, 6.07) is 8.65. The van der Waals surface area contributed by atoms with Gasteiger partial charge in [0, 0.05) is 27.3 Å². The number of aryl methyl sites for hydroxylation is 2. The van der Waals surface area contributed by atoms with E-state index in [1.165, 1.54) is 11.8 Å². The molecule has 0 radical (unpaired) electrons. The van der Waals surface area contributed by atoms with Crippen molar-refractivity contribution < 1.29 is 9.53 Å². The first-order valence-electron chi connectivity index (χ1n) is 10.0. The molecule has 33 heavy (non-hydrogen) atoms. The van der Waals surface area contributed by atoms with Crippen molar-refractivity contribution in [2.45, 2.75) is 38.6 Å². The lowest BCUT2D eigenvalue weighted by Crippen LogP contribution is -2.15. The molecule has 3 rings (SSSR count). The molecule has 10 heteroatoms. The maximum atomic E-state index is 12.4. The number of hydrogen-bond donors (Lipinski definition) is 1. The molecule has 0 aliphatic heterocycles. The minimum atomic E-state index is -0.380. The minimum absolute atomic E-state index is 0.129. The van der Waals surface area contributed by atoms with Gasteiger partial charge in [0.1, 0.15) is 5.75 Å². The Kier molecular flexibility index (Phi) is 8.70. The van der Waals surface area contributed by atoms with Crippen LogP contribution in [0.1, 0.15) is 30.0 Å². The zero-order valence-corrected chi connectivity index (χ0v) is 21.4. The summed E-state index contributed by atoms with van der Waals surface area (Å²) in [6.07, 6.45) is 1.36. The van der Waals surface area contributed by atoms with E-state index in [1.54, 1.807) is 24.3 Å². The Morgan fingerprint density at radius 1 is 1.15 bits per heavy atom. The van der Waals surface area contributed by atoms with Crippen molar-refractivity contribution in [1.29, 1.82) is 0 Å². The first-order chi connectivity index (χ1) is 15.7. The number of thioether (sulfide) groups is 1. The van der Waals surface area contributed by atoms with Crippen LogP contribution in [0.2, 0.25) is 15.1 Å². The number of halogens is 3. The number of benzene rings is 2. The summed E-state index contributed by atoms with van der Waals surface area (Å²) in [5.74, 6) is 1.24. The molecule has 3 aromatic rings. The number of nitrogens with zero attached hydrogens (tertiary/aromatic N) is 3. The summed E-state index contributed by atoms with van der Waals surface area (Å²) in [6.45, 7) is 10.1. The minimum Gasteiger partial charge on any atom is -0.483 e. The third-order valence-electron chi connectivity index (χ3n) is 4.62. The molecule has 0 bridgehead atoms. The maximum Gasteiger partial charge on any atom is 0.234 e. The van der Waals surface area contributed by atoms with Crippen LogP contribution in [0.3, 0.4) is 0 Å². The lowest BCUT2D eigenvalue weighted by atomic mass is 10.1. The Labute approximate surface area is 212 Å². The SMILES string of the molecule is C=CCn1c(SCC(=O)Nc2cc(Cl)cc(Cl)c2)nnc1C(C)Oc1cc(C)c(Cl)c(C)c1. The van der Waals surface area contributed by atoms with Crippen LogP contribution in [0.15, 0.2) is 48.1 Å². The molecule has 1 N–H and O–H groups in total. The van der Waals surface area contributed by atoms with Gasteiger partial charge < -0.3 is 10.1 Å². The molecule has 0 saturated heterocycles. The molecule has 2 aromatic carbocycles. The Morgan fingerprint density at radius 2 is 1.79 bits per heavy atom. The zero-order valence-electron chi connectivity index (χ0n) is 18.4. The normalized spacial score (nSPS) is 11.8. The van der Waals surface area contributed by atoms with Crippen LogP contribution in [0.4, 0.5) is 5.69 Å². The predicted molar refractivity (Wildman–Crippen MR) is 136 cm³/mol. The smallest absolute Gasteiger partial charge is 0.234 e. The quantitative estimate of drug-likeness (QED) is 0.243. The number of ether oxygens (including phenoxy) is 1. The van der Waals surface area contributed by atoms with Crippen molar-refractivity contribution in [2.24, 2.45) is 0 Å². The maximum absolute atomic E-state index is 12.4. The van der Waals surface area contributed by atoms with Crippen molar-refractivity contribution >= 4 is 58.2 Å². The number of carbonyl (C=O) groups is 1. The highest BCUT2D eigenvalue weighted by Crippen LogP contribution is 2.30. The molecule has 0 saturated carbocycles. The molecule has 1 unspecified atom stereocenters. The number of rotatable bonds is 9. The average molecular weight is 526 g/mol. The van der Waals surface area contributed by atoms with Gasteiger partial charge in [-0.1, -0.05) is 52.6 Å². The van der Waals surface area contributed by atoms with Crippen LogP contribution < -0.4 is 10.1 Å². The number of aromatic nitrogens is 3. The Morgan fingerprint density at radius 3 is 2.39 bits per heavy atom. The monoisotopic (exact) mass is 524 g/mol. The molecule has 1 heterocycles. The second-order valence-corrected chi connectivity index (χ2v) is 9.56. The molecule has 1 aromatic heterocycles. The molecule has 6 nitrogen and oxygen atoms in total. The van der Waals surface area contributed by atoms with E-state index < -0.39 is 0 Å². The van der Waals surface area contributed by atoms with E-state index in [-0.39, 0.29) is 17.8 Å². The standard InChI is InChI=1S/C23H23Cl3N4O2S/c1-5-6-30-22(15(4)32-19-7-13(2)21(26)14(3)8-19)28-29-23(30)33-12-20(31)27-18-10-16(24)9-17(25)11-18/h5,7-11,15H,1,6,12H2,2-4H3,(H,27,31). The van der Waals surface area contributed by atoms with Crippen molar-refractivity contribution in [2.75, 3.05) is 11.1 Å². The molecule has 0 aliphatic rings. The summed E-state index contributed by atoms with van der Waals surface area (Å²) in [7, 11) is 0. The van der Waals surface area contributed by atoms with Gasteiger partial charge in [-0.15, -0.1) is 16.8 Å². The van der Waals surface area contributed by atoms with E-state index in [1.807, 2.05) is 37.5 Å². The van der Waals surface area contributed by atoms with Crippen LogP contribution >= 0.6 is 46.6 Å². The largest absolute Gasteiger partial charge is 0.483 e. The second-order valence-electron chi connectivity index (χ2n) is 7.37. The van der Waals surface area contributed by atoms with E-state index >= 15 is 0 Å². The Hall–Kier alpha value is -2.19. The molecule has 1 amide bonds. The lowest BCUT2D eigenvalue weighted by Gasteiger charge is -2.17. The second kappa shape index (κ2) is 11.3. The van der Waals surface area contributed by atoms with Crippen molar-refractivity contribution in [3.05, 3.63) is 75.0 Å². The number of carbonyl (C=O) groups excluding carboxylic acids is 1. The summed E-state index contributed by atoms with van der Waals surface area (Å²) >= 11 is 19.5. The van der Waals surface area contributed by atoms with Crippen molar-refractivity contribution in [3.8, 4) is 5.75 Å². The number of allylic oxidation sites excluding steroid dienone is 1. The number of anilines is 1. The zero-order chi connectivity index (χ0) is 24.1. The molecule has 0 aliphatic carbocycles. The van der Waals surface area contributed by atoms with Gasteiger partial charge >= 0.3 is 0 Å². The molecule has 174 valence electrons. The van der Waals surface area contributed by atoms with Crippen molar-refractivity contribution in [1.82, 2.24) is 14.8 Å². The van der Waals surface area contributed by atoms with Gasteiger partial charge in [0.15, 0.2) is 17.1 Å². The van der Waals surface area contributed by atoms with Gasteiger partial charge in [-0.25, -0.2) is 0 Å². The van der Waals surface area contributed by atoms with Gasteiger partial charge in [0.2, 0.25) is 5.91 Å². The summed E-state index contributed by atoms with van der Waals surface area (Å²) < 4.78 is 7.99. The van der Waals surface area contributed by atoms with E-state index in [0.29, 0.717) is 39.0 Å². The molecule has 0 fully saturated rings. The van der Waals surface area contributed by atoms with Crippen LogP contribution in [0.5, 0.6) is 5.75 Å². The van der Waals surface area contributed by atoms with Gasteiger partial charge in [-0.05, 0) is 62.2 Å². The van der Waals surface area contributed by atoms with E-state index in [9.17, 15) is 4.79 Å². The first-order valence-corrected chi connectivity index (χ1v) is 12.2. The first kappa shape index (κ1) is 25.4. The van der Waals surface area contributed by atoms with Gasteiger partial charge in [0.05, 0.1) is 5.75 Å². The van der Waals surface area contributed by atoms with E-state index in [2.05, 4.69) is 22.1 Å². The Balaban J connectivity index is 1.70. The summed E-state index contributed by atoms with van der Waals surface area (Å²) in [5, 5.41) is 13.5. The topological polar surface area (TPSA) is 69.0 Å². The highest BCUT2D eigenvalue weighted by molar-refractivity contribution is 7.99. The van der Waals surface area contributed by atoms with Gasteiger partial charge in [-0.3, -0.25) is 9.36 Å². The Bertz CT molecular complexity index is 1140. The summed E-state index contributed by atoms with van der Waals surface area (Å²) in [5.41, 5.74) is 2.41. The van der Waals surface area contributed by atoms with E-state index in [0.717, 1.165) is 16.1 Å². The van der Waals surface area contributed by atoms with Crippen LogP contribution in [0.25, 0.3) is 0 Å². The van der Waals surface area contributed by atoms with Crippen LogP contribution in [0, 0.1) is 13.8 Å². The molecule has 0 spiro atoms. The predicted octanol–water partition coefficient (Wildman–Crippen LogP) is 6.91. The molecular formula is C23H23Cl3N4O2S. The molecular weight excluding hydrogens is 503 g/mol. The van der Waals surface area contributed by atoms with Gasteiger partial charge in [-0.2, -0.15) is 0 Å². The highest BCUT2D eigenvalue weighted by Gasteiger charge is 2.20. The van der Waals surface area contributed by atoms with Crippen LogP contribution in [-0.4, -0.2) is 26.4 Å². The average Bonchev–Trinajstić information content (AvgIpc) is 3.12. The number of amides is 1. The third kappa shape index (κ3) is 6.67.